The molecule has 0 saturated carbocycles. The fraction of sp³-hybridized carbons (Fsp3) is 0.600. The van der Waals surface area contributed by atoms with E-state index in [2.05, 4.69) is 17.6 Å². The maximum Gasteiger partial charge on any atom is 0.224 e. The first-order chi connectivity index (χ1) is 12.0. The van der Waals surface area contributed by atoms with Gasteiger partial charge in [-0.3, -0.25) is 9.59 Å². The maximum atomic E-state index is 12.5. The van der Waals surface area contributed by atoms with Crippen LogP contribution >= 0.6 is 0 Å². The van der Waals surface area contributed by atoms with Gasteiger partial charge in [-0.25, -0.2) is 0 Å². The Morgan fingerprint density at radius 1 is 1.36 bits per heavy atom. The molecule has 1 aliphatic heterocycles. The minimum Gasteiger partial charge on any atom is -0.339 e. The average Bonchev–Trinajstić information content (AvgIpc) is 2.61. The van der Waals surface area contributed by atoms with E-state index in [4.69, 9.17) is 0 Å². The van der Waals surface area contributed by atoms with Gasteiger partial charge < -0.3 is 15.5 Å². The van der Waals surface area contributed by atoms with E-state index in [1.54, 1.807) is 11.8 Å². The first-order valence-corrected chi connectivity index (χ1v) is 9.35. The van der Waals surface area contributed by atoms with Crippen molar-refractivity contribution in [3.05, 3.63) is 29.8 Å². The van der Waals surface area contributed by atoms with Gasteiger partial charge in [0.2, 0.25) is 11.8 Å². The van der Waals surface area contributed by atoms with E-state index in [9.17, 15) is 9.59 Å². The molecule has 2 atom stereocenters. The van der Waals surface area contributed by atoms with Gasteiger partial charge in [0, 0.05) is 32.1 Å². The van der Waals surface area contributed by atoms with Crippen LogP contribution in [0.2, 0.25) is 0 Å². The number of amides is 2. The lowest BCUT2D eigenvalue weighted by Gasteiger charge is -2.28. The first kappa shape index (κ1) is 19.4. The molecule has 2 unspecified atom stereocenters. The van der Waals surface area contributed by atoms with E-state index in [-0.39, 0.29) is 11.8 Å². The van der Waals surface area contributed by atoms with Crippen molar-refractivity contribution in [3.63, 3.8) is 0 Å². The number of carbonyl (C=O) groups excluding carboxylic acids is 2. The molecule has 2 amide bonds. The van der Waals surface area contributed by atoms with Crippen molar-refractivity contribution < 1.29 is 9.59 Å². The fourth-order valence-corrected chi connectivity index (χ4v) is 3.46. The molecule has 2 N–H and O–H groups in total. The molecule has 1 aromatic rings. The number of hydrogen-bond donors (Lipinski definition) is 2. The van der Waals surface area contributed by atoms with Crippen LogP contribution in [-0.2, 0) is 16.1 Å². The number of benzene rings is 1. The second-order valence-corrected chi connectivity index (χ2v) is 7.03. The number of para-hydroxylation sites is 1. The van der Waals surface area contributed by atoms with Gasteiger partial charge in [-0.2, -0.15) is 0 Å². The third kappa shape index (κ3) is 5.85. The minimum absolute atomic E-state index is 0.0436. The topological polar surface area (TPSA) is 61.4 Å². The van der Waals surface area contributed by atoms with Crippen LogP contribution in [0, 0.1) is 11.8 Å². The highest BCUT2D eigenvalue weighted by molar-refractivity contribution is 5.91. The molecule has 0 spiro atoms. The van der Waals surface area contributed by atoms with Gasteiger partial charge >= 0.3 is 0 Å². The number of carbonyl (C=O) groups is 2. The summed E-state index contributed by atoms with van der Waals surface area (Å²) in [5.41, 5.74) is 1.78. The van der Waals surface area contributed by atoms with E-state index in [0.29, 0.717) is 31.3 Å². The van der Waals surface area contributed by atoms with Crippen LogP contribution < -0.4 is 10.6 Å². The molecule has 1 aromatic carbocycles. The van der Waals surface area contributed by atoms with Gasteiger partial charge in [-0.15, -0.1) is 0 Å². The Morgan fingerprint density at radius 3 is 2.76 bits per heavy atom. The molecular weight excluding hydrogens is 314 g/mol. The predicted molar refractivity (Wildman–Crippen MR) is 101 cm³/mol. The van der Waals surface area contributed by atoms with Crippen LogP contribution in [-0.4, -0.2) is 36.3 Å². The van der Waals surface area contributed by atoms with Gasteiger partial charge in [0.25, 0.3) is 0 Å². The monoisotopic (exact) mass is 345 g/mol. The van der Waals surface area contributed by atoms with Crippen LogP contribution in [0.3, 0.4) is 0 Å². The first-order valence-electron chi connectivity index (χ1n) is 9.35. The molecule has 0 radical (unpaired) electrons. The molecule has 1 aliphatic rings. The molecule has 5 heteroatoms. The molecule has 1 heterocycles. The molecule has 25 heavy (non-hydrogen) atoms. The Bertz CT molecular complexity index is 582. The second kappa shape index (κ2) is 9.56. The standard InChI is InChI=1S/C20H31N3O2/c1-4-23(16(3)24)14-18-8-5-6-10-19(18)22-20(25)12-15(2)17-9-7-11-21-13-17/h5-6,8,10,15,17,21H,4,7,9,11-14H2,1-3H3,(H,22,25). The van der Waals surface area contributed by atoms with Gasteiger partial charge in [0.1, 0.15) is 0 Å². The lowest BCUT2D eigenvalue weighted by Crippen LogP contribution is -2.34. The number of hydrogen-bond acceptors (Lipinski definition) is 3. The fourth-order valence-electron chi connectivity index (χ4n) is 3.46. The lowest BCUT2D eigenvalue weighted by atomic mass is 9.85. The summed E-state index contributed by atoms with van der Waals surface area (Å²) >= 11 is 0. The van der Waals surface area contributed by atoms with Crippen molar-refractivity contribution in [2.45, 2.75) is 46.6 Å². The van der Waals surface area contributed by atoms with Crippen molar-refractivity contribution in [2.24, 2.45) is 11.8 Å². The third-order valence-electron chi connectivity index (χ3n) is 5.13. The summed E-state index contributed by atoms with van der Waals surface area (Å²) in [7, 11) is 0. The molecule has 0 aliphatic carbocycles. The third-order valence-corrected chi connectivity index (χ3v) is 5.13. The van der Waals surface area contributed by atoms with Crippen LogP contribution in [0.15, 0.2) is 24.3 Å². The van der Waals surface area contributed by atoms with E-state index >= 15 is 0 Å². The van der Waals surface area contributed by atoms with E-state index < -0.39 is 0 Å². The Morgan fingerprint density at radius 2 is 2.12 bits per heavy atom. The normalized spacial score (nSPS) is 18.4. The van der Waals surface area contributed by atoms with E-state index in [0.717, 1.165) is 24.3 Å². The zero-order valence-electron chi connectivity index (χ0n) is 15.7. The minimum atomic E-state index is 0.0436. The summed E-state index contributed by atoms with van der Waals surface area (Å²) < 4.78 is 0. The van der Waals surface area contributed by atoms with E-state index in [1.807, 2.05) is 31.2 Å². The molecule has 5 nitrogen and oxygen atoms in total. The summed E-state index contributed by atoms with van der Waals surface area (Å²) in [6.07, 6.45) is 2.92. The van der Waals surface area contributed by atoms with Crippen LogP contribution in [0.5, 0.6) is 0 Å². The Labute approximate surface area is 151 Å². The van der Waals surface area contributed by atoms with Crippen LogP contribution in [0.25, 0.3) is 0 Å². The van der Waals surface area contributed by atoms with Gasteiger partial charge in [-0.1, -0.05) is 25.1 Å². The highest BCUT2D eigenvalue weighted by Crippen LogP contribution is 2.24. The summed E-state index contributed by atoms with van der Waals surface area (Å²) in [6.45, 7) is 8.97. The molecule has 0 aromatic heterocycles. The number of nitrogens with zero attached hydrogens (tertiary/aromatic N) is 1. The summed E-state index contributed by atoms with van der Waals surface area (Å²) in [5.74, 6) is 1.03. The maximum absolute atomic E-state index is 12.5. The molecule has 2 rings (SSSR count). The highest BCUT2D eigenvalue weighted by atomic mass is 16.2. The Balaban J connectivity index is 1.97. The SMILES string of the molecule is CCN(Cc1ccccc1NC(=O)CC(C)C1CCCNC1)C(C)=O. The molecule has 0 bridgehead atoms. The van der Waals surface area contributed by atoms with Gasteiger partial charge in [-0.05, 0) is 56.3 Å². The van der Waals surface area contributed by atoms with Crippen molar-refractivity contribution in [2.75, 3.05) is 25.0 Å². The molecule has 138 valence electrons. The number of nitrogens with one attached hydrogen (secondary N) is 2. The van der Waals surface area contributed by atoms with Crippen molar-refractivity contribution in [1.82, 2.24) is 10.2 Å². The molecular formula is C20H31N3O2. The summed E-state index contributed by atoms with van der Waals surface area (Å²) in [4.78, 5) is 25.9. The van der Waals surface area contributed by atoms with Crippen molar-refractivity contribution in [3.8, 4) is 0 Å². The van der Waals surface area contributed by atoms with Crippen LogP contribution in [0.4, 0.5) is 5.69 Å². The van der Waals surface area contributed by atoms with Crippen molar-refractivity contribution >= 4 is 17.5 Å². The molecule has 1 fully saturated rings. The Kier molecular flexibility index (Phi) is 7.44. The smallest absolute Gasteiger partial charge is 0.224 e. The zero-order valence-corrected chi connectivity index (χ0v) is 15.7. The number of rotatable bonds is 7. The average molecular weight is 345 g/mol. The van der Waals surface area contributed by atoms with Gasteiger partial charge in [0.15, 0.2) is 0 Å². The number of piperidine rings is 1. The van der Waals surface area contributed by atoms with Crippen molar-refractivity contribution in [1.29, 1.82) is 0 Å². The quantitative estimate of drug-likeness (QED) is 0.798. The predicted octanol–water partition coefficient (Wildman–Crippen LogP) is 3.02. The summed E-state index contributed by atoms with van der Waals surface area (Å²) in [5, 5.41) is 6.47. The second-order valence-electron chi connectivity index (χ2n) is 7.03. The largest absolute Gasteiger partial charge is 0.339 e. The zero-order chi connectivity index (χ0) is 18.2. The highest BCUT2D eigenvalue weighted by Gasteiger charge is 2.22. The van der Waals surface area contributed by atoms with E-state index in [1.165, 1.54) is 12.8 Å². The Hall–Kier alpha value is -1.88. The summed E-state index contributed by atoms with van der Waals surface area (Å²) in [6, 6.07) is 7.73. The molecule has 1 saturated heterocycles. The van der Waals surface area contributed by atoms with Gasteiger partial charge in [0.05, 0.1) is 0 Å². The van der Waals surface area contributed by atoms with Crippen LogP contribution in [0.1, 0.15) is 45.6 Å². The number of anilines is 1. The lowest BCUT2D eigenvalue weighted by molar-refractivity contribution is -0.129.